The largest absolute Gasteiger partial charge is 0.493 e. The highest BCUT2D eigenvalue weighted by molar-refractivity contribution is 5.96. The first kappa shape index (κ1) is 17.0. The van der Waals surface area contributed by atoms with Gasteiger partial charge in [-0.25, -0.2) is 4.79 Å². The molecule has 116 valence electrons. The molecule has 6 heteroatoms. The molecule has 0 aromatic heterocycles. The fourth-order valence-electron chi connectivity index (χ4n) is 1.59. The van der Waals surface area contributed by atoms with E-state index in [2.05, 4.69) is 5.32 Å². The van der Waals surface area contributed by atoms with Gasteiger partial charge in [-0.1, -0.05) is 13.8 Å². The average molecular weight is 295 g/mol. The van der Waals surface area contributed by atoms with Gasteiger partial charge in [0.25, 0.3) is 5.91 Å². The summed E-state index contributed by atoms with van der Waals surface area (Å²) in [6.45, 7) is 4.35. The van der Waals surface area contributed by atoms with E-state index in [-0.39, 0.29) is 13.0 Å². The van der Waals surface area contributed by atoms with E-state index in [1.165, 1.54) is 0 Å². The first-order chi connectivity index (χ1) is 9.93. The highest BCUT2D eigenvalue weighted by atomic mass is 16.5. The molecule has 0 saturated carbocycles. The Hall–Kier alpha value is -2.08. The summed E-state index contributed by atoms with van der Waals surface area (Å²) in [6.07, 6.45) is -0.0311. The van der Waals surface area contributed by atoms with E-state index >= 15 is 0 Å². The molecule has 0 bridgehead atoms. The van der Waals surface area contributed by atoms with Gasteiger partial charge in [0.15, 0.2) is 0 Å². The summed E-state index contributed by atoms with van der Waals surface area (Å²) in [5.74, 6) is -0.603. The summed E-state index contributed by atoms with van der Waals surface area (Å²) in [5.41, 5.74) is 0.344. The molecule has 0 saturated heterocycles. The smallest absolute Gasteiger partial charge is 0.326 e. The summed E-state index contributed by atoms with van der Waals surface area (Å²) >= 11 is 0. The van der Waals surface area contributed by atoms with Crippen LogP contribution >= 0.6 is 0 Å². The number of carbonyl (C=O) groups excluding carboxylic acids is 1. The number of carboxylic acids is 1. The number of benzene rings is 1. The number of ether oxygens (including phenoxy) is 1. The Balaban J connectivity index is 2.63. The normalized spacial score (nSPS) is 12.0. The van der Waals surface area contributed by atoms with Crippen molar-refractivity contribution in [3.05, 3.63) is 29.8 Å². The molecule has 0 aliphatic rings. The van der Waals surface area contributed by atoms with E-state index in [0.717, 1.165) is 0 Å². The Bertz CT molecular complexity index is 469. The molecule has 6 nitrogen and oxygen atoms in total. The molecule has 1 atom stereocenters. The molecule has 1 rings (SSSR count). The zero-order valence-electron chi connectivity index (χ0n) is 12.2. The van der Waals surface area contributed by atoms with E-state index in [1.54, 1.807) is 24.3 Å². The van der Waals surface area contributed by atoms with Crippen LogP contribution in [0.5, 0.6) is 5.75 Å². The highest BCUT2D eigenvalue weighted by Crippen LogP contribution is 2.13. The van der Waals surface area contributed by atoms with Crippen molar-refractivity contribution in [3.8, 4) is 5.75 Å². The second kappa shape index (κ2) is 8.26. The third-order valence-corrected chi connectivity index (χ3v) is 2.72. The van der Waals surface area contributed by atoms with Gasteiger partial charge in [0, 0.05) is 18.6 Å². The topological polar surface area (TPSA) is 95.9 Å². The Morgan fingerprint density at radius 3 is 2.33 bits per heavy atom. The standard InChI is InChI=1S/C15H21NO5/c1-10(2)9-21-12-5-3-11(4-6-12)14(18)16-13(7-8-17)15(19)20/h3-6,10,13,17H,7-9H2,1-2H3,(H,16,18)(H,19,20)/t13-/m1/s1. The van der Waals surface area contributed by atoms with Crippen LogP contribution in [0.15, 0.2) is 24.3 Å². The molecular formula is C15H21NO5. The lowest BCUT2D eigenvalue weighted by Gasteiger charge is -2.13. The summed E-state index contributed by atoms with van der Waals surface area (Å²) in [6, 6.07) is 5.38. The molecule has 21 heavy (non-hydrogen) atoms. The van der Waals surface area contributed by atoms with Crippen molar-refractivity contribution in [1.29, 1.82) is 0 Å². The molecule has 0 spiro atoms. The molecule has 0 unspecified atom stereocenters. The second-order valence-corrected chi connectivity index (χ2v) is 5.11. The number of amides is 1. The van der Waals surface area contributed by atoms with Gasteiger partial charge in [-0.15, -0.1) is 0 Å². The average Bonchev–Trinajstić information content (AvgIpc) is 2.45. The van der Waals surface area contributed by atoms with Crippen molar-refractivity contribution >= 4 is 11.9 Å². The summed E-state index contributed by atoms with van der Waals surface area (Å²) < 4.78 is 5.50. The van der Waals surface area contributed by atoms with Gasteiger partial charge in [0.2, 0.25) is 0 Å². The van der Waals surface area contributed by atoms with Gasteiger partial charge in [-0.3, -0.25) is 4.79 Å². The van der Waals surface area contributed by atoms with Crippen LogP contribution in [0.3, 0.4) is 0 Å². The Kier molecular flexibility index (Phi) is 6.68. The molecule has 0 heterocycles. The van der Waals surface area contributed by atoms with Gasteiger partial charge in [-0.05, 0) is 30.2 Å². The fourth-order valence-corrected chi connectivity index (χ4v) is 1.59. The predicted molar refractivity (Wildman–Crippen MR) is 77.4 cm³/mol. The second-order valence-electron chi connectivity index (χ2n) is 5.11. The van der Waals surface area contributed by atoms with Crippen molar-refractivity contribution in [2.45, 2.75) is 26.3 Å². The van der Waals surface area contributed by atoms with Gasteiger partial charge in [0.1, 0.15) is 11.8 Å². The number of aliphatic hydroxyl groups excluding tert-OH is 1. The number of carbonyl (C=O) groups is 2. The van der Waals surface area contributed by atoms with Crippen LogP contribution in [0.4, 0.5) is 0 Å². The molecular weight excluding hydrogens is 274 g/mol. The number of carboxylic acid groups (broad SMARTS) is 1. The van der Waals surface area contributed by atoms with Gasteiger partial charge in [0.05, 0.1) is 6.61 Å². The quantitative estimate of drug-likeness (QED) is 0.671. The Labute approximate surface area is 123 Å². The maximum Gasteiger partial charge on any atom is 0.326 e. The third kappa shape index (κ3) is 5.83. The number of rotatable bonds is 8. The molecule has 1 aromatic rings. The van der Waals surface area contributed by atoms with Crippen LogP contribution in [-0.2, 0) is 4.79 Å². The van der Waals surface area contributed by atoms with Crippen LogP contribution in [0.2, 0.25) is 0 Å². The molecule has 0 fully saturated rings. The van der Waals surface area contributed by atoms with Crippen molar-refractivity contribution in [1.82, 2.24) is 5.32 Å². The van der Waals surface area contributed by atoms with Crippen LogP contribution in [0.25, 0.3) is 0 Å². The minimum Gasteiger partial charge on any atom is -0.493 e. The maximum absolute atomic E-state index is 11.9. The van der Waals surface area contributed by atoms with Gasteiger partial charge >= 0.3 is 5.97 Å². The van der Waals surface area contributed by atoms with Crippen LogP contribution < -0.4 is 10.1 Å². The van der Waals surface area contributed by atoms with E-state index in [9.17, 15) is 9.59 Å². The van der Waals surface area contributed by atoms with E-state index in [0.29, 0.717) is 23.8 Å². The Morgan fingerprint density at radius 1 is 1.24 bits per heavy atom. The Morgan fingerprint density at radius 2 is 1.86 bits per heavy atom. The maximum atomic E-state index is 11.9. The number of aliphatic carboxylic acids is 1. The monoisotopic (exact) mass is 295 g/mol. The van der Waals surface area contributed by atoms with Gasteiger partial charge in [-0.2, -0.15) is 0 Å². The van der Waals surface area contributed by atoms with E-state index in [4.69, 9.17) is 14.9 Å². The minimum atomic E-state index is -1.17. The molecule has 1 amide bonds. The fraction of sp³-hybridized carbons (Fsp3) is 0.467. The number of hydrogen-bond donors (Lipinski definition) is 3. The van der Waals surface area contributed by atoms with E-state index in [1.807, 2.05) is 13.8 Å². The van der Waals surface area contributed by atoms with Crippen molar-refractivity contribution < 1.29 is 24.5 Å². The number of aliphatic hydroxyl groups is 1. The number of hydrogen-bond acceptors (Lipinski definition) is 4. The molecule has 0 aliphatic heterocycles. The lowest BCUT2D eigenvalue weighted by molar-refractivity contribution is -0.139. The van der Waals surface area contributed by atoms with Crippen LogP contribution in [0, 0.1) is 5.92 Å². The predicted octanol–water partition coefficient (Wildman–Crippen LogP) is 1.29. The van der Waals surface area contributed by atoms with Crippen molar-refractivity contribution in [2.24, 2.45) is 5.92 Å². The molecule has 1 aromatic carbocycles. The lowest BCUT2D eigenvalue weighted by Crippen LogP contribution is -2.41. The highest BCUT2D eigenvalue weighted by Gasteiger charge is 2.19. The molecule has 0 aliphatic carbocycles. The van der Waals surface area contributed by atoms with Crippen LogP contribution in [0.1, 0.15) is 30.6 Å². The summed E-state index contributed by atoms with van der Waals surface area (Å²) in [5, 5.41) is 20.1. The zero-order chi connectivity index (χ0) is 15.8. The van der Waals surface area contributed by atoms with Gasteiger partial charge < -0.3 is 20.3 Å². The SMILES string of the molecule is CC(C)COc1ccc(C(=O)N[C@H](CCO)C(=O)O)cc1. The van der Waals surface area contributed by atoms with Crippen LogP contribution in [-0.4, -0.2) is 41.3 Å². The van der Waals surface area contributed by atoms with Crippen molar-refractivity contribution in [3.63, 3.8) is 0 Å². The third-order valence-electron chi connectivity index (χ3n) is 2.72. The van der Waals surface area contributed by atoms with E-state index < -0.39 is 17.9 Å². The minimum absolute atomic E-state index is 0.0311. The first-order valence-electron chi connectivity index (χ1n) is 6.81. The molecule has 0 radical (unpaired) electrons. The summed E-state index contributed by atoms with van der Waals surface area (Å²) in [4.78, 5) is 22.8. The lowest BCUT2D eigenvalue weighted by atomic mass is 10.1. The molecule has 3 N–H and O–H groups in total. The zero-order valence-corrected chi connectivity index (χ0v) is 12.2. The van der Waals surface area contributed by atoms with Crippen molar-refractivity contribution in [2.75, 3.05) is 13.2 Å². The first-order valence-corrected chi connectivity index (χ1v) is 6.81. The summed E-state index contributed by atoms with van der Waals surface area (Å²) in [7, 11) is 0. The number of nitrogens with one attached hydrogen (secondary N) is 1.